The standard InChI is InChI=1S/C11H20N2O/c1-8(2)7-10(12)11(14)13-9-5-3-4-6-9/h3-4,8-10H,5-7,12H2,1-2H3,(H,13,14)/t10-/m0/s1. The van der Waals surface area contributed by atoms with E-state index in [0.29, 0.717) is 5.92 Å². The Balaban J connectivity index is 2.26. The van der Waals surface area contributed by atoms with Crippen molar-refractivity contribution in [1.82, 2.24) is 5.32 Å². The van der Waals surface area contributed by atoms with E-state index in [-0.39, 0.29) is 18.0 Å². The molecule has 0 fully saturated rings. The largest absolute Gasteiger partial charge is 0.351 e. The molecule has 0 aromatic rings. The summed E-state index contributed by atoms with van der Waals surface area (Å²) in [6, 6.07) is -0.0729. The smallest absolute Gasteiger partial charge is 0.237 e. The summed E-state index contributed by atoms with van der Waals surface area (Å²) < 4.78 is 0. The molecule has 0 saturated heterocycles. The number of carbonyl (C=O) groups excluding carboxylic acids is 1. The lowest BCUT2D eigenvalue weighted by Crippen LogP contribution is -2.45. The predicted octanol–water partition coefficient (Wildman–Crippen LogP) is 1.19. The van der Waals surface area contributed by atoms with Crippen LogP contribution in [-0.4, -0.2) is 18.0 Å². The van der Waals surface area contributed by atoms with Gasteiger partial charge in [-0.05, 0) is 25.2 Å². The van der Waals surface area contributed by atoms with E-state index in [1.165, 1.54) is 0 Å². The van der Waals surface area contributed by atoms with Crippen LogP contribution in [0.25, 0.3) is 0 Å². The second-order valence-corrected chi connectivity index (χ2v) is 4.38. The fourth-order valence-corrected chi connectivity index (χ4v) is 1.66. The summed E-state index contributed by atoms with van der Waals surface area (Å²) in [4.78, 5) is 11.6. The summed E-state index contributed by atoms with van der Waals surface area (Å²) in [5, 5.41) is 2.96. The van der Waals surface area contributed by atoms with Crippen LogP contribution < -0.4 is 11.1 Å². The SMILES string of the molecule is CC(C)C[C@H](N)C(=O)NC1CC=CC1. The Bertz CT molecular complexity index is 215. The molecule has 0 aromatic heterocycles. The number of carbonyl (C=O) groups is 1. The third kappa shape index (κ3) is 3.50. The summed E-state index contributed by atoms with van der Waals surface area (Å²) in [6.07, 6.45) is 6.84. The lowest BCUT2D eigenvalue weighted by atomic mass is 10.0. The van der Waals surface area contributed by atoms with Crippen molar-refractivity contribution in [3.05, 3.63) is 12.2 Å². The van der Waals surface area contributed by atoms with E-state index in [1.807, 2.05) is 0 Å². The molecule has 1 atom stereocenters. The highest BCUT2D eigenvalue weighted by Crippen LogP contribution is 2.10. The maximum atomic E-state index is 11.6. The normalized spacial score (nSPS) is 18.9. The molecular weight excluding hydrogens is 176 g/mol. The van der Waals surface area contributed by atoms with Crippen LogP contribution >= 0.6 is 0 Å². The highest BCUT2D eigenvalue weighted by molar-refractivity contribution is 5.81. The van der Waals surface area contributed by atoms with Crippen molar-refractivity contribution in [3.8, 4) is 0 Å². The maximum Gasteiger partial charge on any atom is 0.237 e. The van der Waals surface area contributed by atoms with Gasteiger partial charge in [-0.15, -0.1) is 0 Å². The zero-order valence-electron chi connectivity index (χ0n) is 8.99. The van der Waals surface area contributed by atoms with Gasteiger partial charge in [0.15, 0.2) is 0 Å². The van der Waals surface area contributed by atoms with E-state index >= 15 is 0 Å². The first-order valence-corrected chi connectivity index (χ1v) is 5.30. The monoisotopic (exact) mass is 196 g/mol. The van der Waals surface area contributed by atoms with E-state index in [0.717, 1.165) is 19.3 Å². The van der Waals surface area contributed by atoms with Gasteiger partial charge in [0.05, 0.1) is 6.04 Å². The summed E-state index contributed by atoms with van der Waals surface area (Å²) in [7, 11) is 0. The number of nitrogens with one attached hydrogen (secondary N) is 1. The molecule has 0 bridgehead atoms. The Morgan fingerprint density at radius 3 is 2.57 bits per heavy atom. The van der Waals surface area contributed by atoms with Crippen LogP contribution in [0.4, 0.5) is 0 Å². The molecule has 14 heavy (non-hydrogen) atoms. The van der Waals surface area contributed by atoms with Gasteiger partial charge in [-0.3, -0.25) is 4.79 Å². The molecule has 0 heterocycles. The van der Waals surface area contributed by atoms with Gasteiger partial charge in [-0.25, -0.2) is 0 Å². The number of rotatable bonds is 4. The Morgan fingerprint density at radius 1 is 1.50 bits per heavy atom. The van der Waals surface area contributed by atoms with E-state index in [4.69, 9.17) is 5.73 Å². The van der Waals surface area contributed by atoms with Crippen LogP contribution in [-0.2, 0) is 4.79 Å². The topological polar surface area (TPSA) is 55.1 Å². The molecule has 0 aromatic carbocycles. The summed E-state index contributed by atoms with van der Waals surface area (Å²) in [5.74, 6) is 0.463. The van der Waals surface area contributed by atoms with Crippen molar-refractivity contribution < 1.29 is 4.79 Å². The Kier molecular flexibility index (Phi) is 4.14. The molecule has 3 N–H and O–H groups in total. The van der Waals surface area contributed by atoms with Crippen molar-refractivity contribution in [3.63, 3.8) is 0 Å². The molecule has 0 spiro atoms. The number of amides is 1. The minimum Gasteiger partial charge on any atom is -0.351 e. The molecule has 1 aliphatic carbocycles. The molecule has 0 saturated carbocycles. The molecule has 0 unspecified atom stereocenters. The van der Waals surface area contributed by atoms with Gasteiger partial charge < -0.3 is 11.1 Å². The van der Waals surface area contributed by atoms with Gasteiger partial charge in [-0.2, -0.15) is 0 Å². The van der Waals surface area contributed by atoms with Crippen molar-refractivity contribution in [2.45, 2.75) is 45.2 Å². The first kappa shape index (κ1) is 11.2. The average Bonchev–Trinajstić information content (AvgIpc) is 2.55. The number of hydrogen-bond donors (Lipinski definition) is 2. The second kappa shape index (κ2) is 5.15. The molecule has 3 nitrogen and oxygen atoms in total. The molecule has 0 aliphatic heterocycles. The summed E-state index contributed by atoms with van der Waals surface area (Å²) >= 11 is 0. The third-order valence-electron chi connectivity index (χ3n) is 2.42. The summed E-state index contributed by atoms with van der Waals surface area (Å²) in [6.45, 7) is 4.15. The molecular formula is C11H20N2O. The Labute approximate surface area is 85.7 Å². The first-order chi connectivity index (χ1) is 6.59. The molecule has 1 rings (SSSR count). The van der Waals surface area contributed by atoms with E-state index in [2.05, 4.69) is 31.3 Å². The first-order valence-electron chi connectivity index (χ1n) is 5.30. The Hall–Kier alpha value is -0.830. The lowest BCUT2D eigenvalue weighted by molar-refractivity contribution is -0.123. The Morgan fingerprint density at radius 2 is 2.07 bits per heavy atom. The quantitative estimate of drug-likeness (QED) is 0.664. The predicted molar refractivity (Wildman–Crippen MR) is 57.7 cm³/mol. The average molecular weight is 196 g/mol. The van der Waals surface area contributed by atoms with Gasteiger partial charge in [0.1, 0.15) is 0 Å². The van der Waals surface area contributed by atoms with Crippen LogP contribution in [0, 0.1) is 5.92 Å². The van der Waals surface area contributed by atoms with Gasteiger partial charge in [0, 0.05) is 6.04 Å². The number of hydrogen-bond acceptors (Lipinski definition) is 2. The molecule has 1 amide bonds. The van der Waals surface area contributed by atoms with Crippen molar-refractivity contribution in [2.75, 3.05) is 0 Å². The fourth-order valence-electron chi connectivity index (χ4n) is 1.66. The molecule has 80 valence electrons. The van der Waals surface area contributed by atoms with Gasteiger partial charge in [-0.1, -0.05) is 26.0 Å². The highest BCUT2D eigenvalue weighted by atomic mass is 16.2. The zero-order valence-corrected chi connectivity index (χ0v) is 8.99. The van der Waals surface area contributed by atoms with Crippen molar-refractivity contribution in [1.29, 1.82) is 0 Å². The minimum atomic E-state index is -0.351. The molecule has 3 heteroatoms. The van der Waals surface area contributed by atoms with Gasteiger partial charge in [0.2, 0.25) is 5.91 Å². The van der Waals surface area contributed by atoms with E-state index in [1.54, 1.807) is 0 Å². The number of nitrogens with two attached hydrogens (primary N) is 1. The molecule has 0 radical (unpaired) electrons. The van der Waals surface area contributed by atoms with E-state index < -0.39 is 0 Å². The van der Waals surface area contributed by atoms with Crippen LogP contribution in [0.2, 0.25) is 0 Å². The van der Waals surface area contributed by atoms with Crippen LogP contribution in [0.5, 0.6) is 0 Å². The fraction of sp³-hybridized carbons (Fsp3) is 0.727. The van der Waals surface area contributed by atoms with E-state index in [9.17, 15) is 4.79 Å². The molecule has 1 aliphatic rings. The van der Waals surface area contributed by atoms with Gasteiger partial charge >= 0.3 is 0 Å². The summed E-state index contributed by atoms with van der Waals surface area (Å²) in [5.41, 5.74) is 5.76. The zero-order chi connectivity index (χ0) is 10.6. The van der Waals surface area contributed by atoms with Crippen LogP contribution in [0.1, 0.15) is 33.1 Å². The van der Waals surface area contributed by atoms with Crippen molar-refractivity contribution >= 4 is 5.91 Å². The maximum absolute atomic E-state index is 11.6. The van der Waals surface area contributed by atoms with Crippen LogP contribution in [0.15, 0.2) is 12.2 Å². The second-order valence-electron chi connectivity index (χ2n) is 4.38. The lowest BCUT2D eigenvalue weighted by Gasteiger charge is -2.17. The van der Waals surface area contributed by atoms with Crippen LogP contribution in [0.3, 0.4) is 0 Å². The highest BCUT2D eigenvalue weighted by Gasteiger charge is 2.19. The van der Waals surface area contributed by atoms with Crippen molar-refractivity contribution in [2.24, 2.45) is 11.7 Å². The van der Waals surface area contributed by atoms with Gasteiger partial charge in [0.25, 0.3) is 0 Å². The third-order valence-corrected chi connectivity index (χ3v) is 2.42. The minimum absolute atomic E-state index is 0.00704.